The topological polar surface area (TPSA) is 67.4 Å². The molecule has 0 fully saturated rings. The maximum absolute atomic E-state index is 12.2. The Morgan fingerprint density at radius 2 is 1.88 bits per heavy atom. The van der Waals surface area contributed by atoms with Crippen LogP contribution in [0.5, 0.6) is 0 Å². The van der Waals surface area contributed by atoms with Gasteiger partial charge < -0.3 is 15.4 Å². The number of rotatable bonds is 6. The molecule has 0 aliphatic rings. The normalized spacial score (nSPS) is 10.1. The molecule has 0 heterocycles. The molecule has 0 aliphatic carbocycles. The van der Waals surface area contributed by atoms with E-state index in [0.717, 1.165) is 15.7 Å². The molecule has 2 rings (SSSR count). The van der Waals surface area contributed by atoms with Crippen LogP contribution in [0, 0.1) is 6.92 Å². The van der Waals surface area contributed by atoms with E-state index in [0.29, 0.717) is 11.3 Å². The largest absolute Gasteiger partial charge is 0.462 e. The molecular weight excluding hydrogens is 372 g/mol. The second kappa shape index (κ2) is 8.49. The molecule has 6 heteroatoms. The van der Waals surface area contributed by atoms with Crippen LogP contribution in [-0.2, 0) is 9.53 Å². The highest BCUT2D eigenvalue weighted by Crippen LogP contribution is 2.23. The van der Waals surface area contributed by atoms with Crippen LogP contribution >= 0.6 is 15.9 Å². The molecule has 2 N–H and O–H groups in total. The number of para-hydroxylation sites is 1. The van der Waals surface area contributed by atoms with Crippen LogP contribution in [0.2, 0.25) is 0 Å². The molecular formula is C18H19BrN2O3. The fourth-order valence-electron chi connectivity index (χ4n) is 2.11. The second-order valence-corrected chi connectivity index (χ2v) is 6.01. The summed E-state index contributed by atoms with van der Waals surface area (Å²) in [5.74, 6) is -0.707. The smallest absolute Gasteiger partial charge is 0.340 e. The lowest BCUT2D eigenvalue weighted by Gasteiger charge is -2.12. The van der Waals surface area contributed by atoms with Crippen LogP contribution in [-0.4, -0.2) is 25.0 Å². The van der Waals surface area contributed by atoms with Gasteiger partial charge in [-0.3, -0.25) is 4.79 Å². The van der Waals surface area contributed by atoms with Crippen molar-refractivity contribution in [3.63, 3.8) is 0 Å². The third-order valence-corrected chi connectivity index (χ3v) is 3.92. The van der Waals surface area contributed by atoms with Crippen molar-refractivity contribution < 1.29 is 14.3 Å². The highest BCUT2D eigenvalue weighted by Gasteiger charge is 2.14. The number of hydrogen-bond acceptors (Lipinski definition) is 4. The number of carbonyl (C=O) groups is 2. The quantitative estimate of drug-likeness (QED) is 0.731. The Kier molecular flexibility index (Phi) is 6.37. The zero-order valence-electron chi connectivity index (χ0n) is 13.6. The fourth-order valence-corrected chi connectivity index (χ4v) is 2.75. The van der Waals surface area contributed by atoms with Gasteiger partial charge in [0.25, 0.3) is 0 Å². The SMILES string of the molecule is CCOC(=O)c1ccccc1NC(=O)CNc1ccc(C)cc1Br. The van der Waals surface area contributed by atoms with E-state index in [4.69, 9.17) is 4.74 Å². The highest BCUT2D eigenvalue weighted by molar-refractivity contribution is 9.10. The van der Waals surface area contributed by atoms with Crippen LogP contribution in [0.25, 0.3) is 0 Å². The lowest BCUT2D eigenvalue weighted by atomic mass is 10.2. The molecule has 0 unspecified atom stereocenters. The van der Waals surface area contributed by atoms with Crippen LogP contribution in [0.3, 0.4) is 0 Å². The van der Waals surface area contributed by atoms with Crippen molar-refractivity contribution in [3.05, 3.63) is 58.1 Å². The van der Waals surface area contributed by atoms with Gasteiger partial charge in [-0.2, -0.15) is 0 Å². The Hall–Kier alpha value is -2.34. The van der Waals surface area contributed by atoms with Crippen molar-refractivity contribution in [2.75, 3.05) is 23.8 Å². The van der Waals surface area contributed by atoms with E-state index >= 15 is 0 Å². The number of nitrogens with one attached hydrogen (secondary N) is 2. The summed E-state index contributed by atoms with van der Waals surface area (Å²) in [6.07, 6.45) is 0. The van der Waals surface area contributed by atoms with Crippen LogP contribution in [0.1, 0.15) is 22.8 Å². The maximum Gasteiger partial charge on any atom is 0.340 e. The van der Waals surface area contributed by atoms with E-state index in [2.05, 4.69) is 26.6 Å². The van der Waals surface area contributed by atoms with Gasteiger partial charge in [-0.1, -0.05) is 18.2 Å². The van der Waals surface area contributed by atoms with Crippen molar-refractivity contribution in [3.8, 4) is 0 Å². The number of anilines is 2. The average molecular weight is 391 g/mol. The molecule has 0 saturated heterocycles. The van der Waals surface area contributed by atoms with Crippen molar-refractivity contribution in [2.45, 2.75) is 13.8 Å². The van der Waals surface area contributed by atoms with Gasteiger partial charge in [0.15, 0.2) is 0 Å². The number of benzene rings is 2. The first-order chi connectivity index (χ1) is 11.5. The number of aryl methyl sites for hydroxylation is 1. The summed E-state index contributed by atoms with van der Waals surface area (Å²) in [7, 11) is 0. The van der Waals surface area contributed by atoms with Gasteiger partial charge in [-0.25, -0.2) is 4.79 Å². The van der Waals surface area contributed by atoms with Gasteiger partial charge >= 0.3 is 5.97 Å². The van der Waals surface area contributed by atoms with E-state index in [9.17, 15) is 9.59 Å². The zero-order valence-corrected chi connectivity index (χ0v) is 15.1. The summed E-state index contributed by atoms with van der Waals surface area (Å²) in [5, 5.41) is 5.79. The number of esters is 1. The van der Waals surface area contributed by atoms with Crippen LogP contribution in [0.4, 0.5) is 11.4 Å². The molecule has 0 spiro atoms. The van der Waals surface area contributed by atoms with Gasteiger partial charge in [0.2, 0.25) is 5.91 Å². The third-order valence-electron chi connectivity index (χ3n) is 3.26. The molecule has 2 aromatic rings. The number of hydrogen-bond donors (Lipinski definition) is 2. The molecule has 5 nitrogen and oxygen atoms in total. The average Bonchev–Trinajstić information content (AvgIpc) is 2.54. The third kappa shape index (κ3) is 4.83. The fraction of sp³-hybridized carbons (Fsp3) is 0.222. The van der Waals surface area contributed by atoms with Gasteiger partial charge in [0.05, 0.1) is 24.4 Å². The van der Waals surface area contributed by atoms with Crippen molar-refractivity contribution in [2.24, 2.45) is 0 Å². The van der Waals surface area contributed by atoms with Crippen molar-refractivity contribution >= 4 is 39.2 Å². The molecule has 1 amide bonds. The molecule has 0 atom stereocenters. The van der Waals surface area contributed by atoms with Crippen molar-refractivity contribution in [1.29, 1.82) is 0 Å². The molecule has 0 radical (unpaired) electrons. The Labute approximate surface area is 149 Å². The minimum Gasteiger partial charge on any atom is -0.462 e. The first-order valence-electron chi connectivity index (χ1n) is 7.57. The minimum absolute atomic E-state index is 0.0822. The molecule has 0 aromatic heterocycles. The summed E-state index contributed by atoms with van der Waals surface area (Å²) in [6.45, 7) is 4.10. The Morgan fingerprint density at radius 1 is 1.12 bits per heavy atom. The monoisotopic (exact) mass is 390 g/mol. The molecule has 0 bridgehead atoms. The molecule has 0 saturated carbocycles. The standard InChI is InChI=1S/C18H19BrN2O3/c1-3-24-18(23)13-6-4-5-7-15(13)21-17(22)11-20-16-9-8-12(2)10-14(16)19/h4-10,20H,3,11H2,1-2H3,(H,21,22). The van der Waals surface area contributed by atoms with E-state index in [1.54, 1.807) is 31.2 Å². The number of ether oxygens (including phenoxy) is 1. The minimum atomic E-state index is -0.456. The number of carbonyl (C=O) groups excluding carboxylic acids is 2. The summed E-state index contributed by atoms with van der Waals surface area (Å²) >= 11 is 3.46. The van der Waals surface area contributed by atoms with E-state index < -0.39 is 5.97 Å². The van der Waals surface area contributed by atoms with Crippen LogP contribution < -0.4 is 10.6 Å². The lowest BCUT2D eigenvalue weighted by molar-refractivity contribution is -0.114. The summed E-state index contributed by atoms with van der Waals surface area (Å²) in [6, 6.07) is 12.6. The van der Waals surface area contributed by atoms with Crippen LogP contribution in [0.15, 0.2) is 46.9 Å². The Balaban J connectivity index is 2.01. The molecule has 0 aliphatic heterocycles. The Morgan fingerprint density at radius 3 is 2.58 bits per heavy atom. The van der Waals surface area contributed by atoms with E-state index in [1.165, 1.54) is 0 Å². The number of halogens is 1. The summed E-state index contributed by atoms with van der Waals surface area (Å²) in [4.78, 5) is 24.1. The van der Waals surface area contributed by atoms with E-state index in [-0.39, 0.29) is 19.1 Å². The predicted molar refractivity (Wildman–Crippen MR) is 98.4 cm³/mol. The van der Waals surface area contributed by atoms with E-state index in [1.807, 2.05) is 25.1 Å². The molecule has 2 aromatic carbocycles. The predicted octanol–water partition coefficient (Wildman–Crippen LogP) is 3.98. The first-order valence-corrected chi connectivity index (χ1v) is 8.36. The summed E-state index contributed by atoms with van der Waals surface area (Å²) < 4.78 is 5.89. The number of amides is 1. The first kappa shape index (κ1) is 18.0. The van der Waals surface area contributed by atoms with Gasteiger partial charge in [-0.05, 0) is 59.6 Å². The zero-order chi connectivity index (χ0) is 17.5. The van der Waals surface area contributed by atoms with Crippen molar-refractivity contribution in [1.82, 2.24) is 0 Å². The highest BCUT2D eigenvalue weighted by atomic mass is 79.9. The van der Waals surface area contributed by atoms with Gasteiger partial charge in [0, 0.05) is 10.2 Å². The molecule has 126 valence electrons. The Bertz CT molecular complexity index is 747. The van der Waals surface area contributed by atoms with Gasteiger partial charge in [0.1, 0.15) is 0 Å². The van der Waals surface area contributed by atoms with Gasteiger partial charge in [-0.15, -0.1) is 0 Å². The second-order valence-electron chi connectivity index (χ2n) is 5.15. The summed E-state index contributed by atoms with van der Waals surface area (Å²) in [5.41, 5.74) is 2.73. The maximum atomic E-state index is 12.2. The lowest BCUT2D eigenvalue weighted by Crippen LogP contribution is -2.23. The molecule has 24 heavy (non-hydrogen) atoms.